The largest absolute Gasteiger partial charge is 0.324 e. The van der Waals surface area contributed by atoms with E-state index in [2.05, 4.69) is 36.2 Å². The molecule has 1 aliphatic carbocycles. The van der Waals surface area contributed by atoms with Crippen molar-refractivity contribution in [1.29, 1.82) is 0 Å². The van der Waals surface area contributed by atoms with Crippen LogP contribution in [-0.4, -0.2) is 29.4 Å². The molecule has 0 radical (unpaired) electrons. The number of likely N-dealkylation sites (tertiary alicyclic amines) is 1. The Bertz CT molecular complexity index is 502. The highest BCUT2D eigenvalue weighted by molar-refractivity contribution is 5.96. The standard InChI is InChI=1S/C18H26N2O/c1-13-7-5-8-14(2)17(13)19-18(21)16-11-3-4-12-20(16)15-9-6-10-15/h5,7-8,15-16H,3-4,6,9-12H2,1-2H3,(H,19,21)/t16-/m0/s1. The Balaban J connectivity index is 1.73. The van der Waals surface area contributed by atoms with Crippen molar-refractivity contribution in [1.82, 2.24) is 4.90 Å². The normalized spacial score (nSPS) is 23.6. The van der Waals surface area contributed by atoms with Crippen molar-refractivity contribution >= 4 is 11.6 Å². The molecule has 3 nitrogen and oxygen atoms in total. The van der Waals surface area contributed by atoms with Crippen LogP contribution in [-0.2, 0) is 4.79 Å². The van der Waals surface area contributed by atoms with Crippen LogP contribution in [0.2, 0.25) is 0 Å². The molecule has 1 saturated carbocycles. The second kappa shape index (κ2) is 6.18. The average molecular weight is 286 g/mol. The maximum Gasteiger partial charge on any atom is 0.241 e. The Kier molecular flexibility index (Phi) is 4.29. The number of benzene rings is 1. The number of carbonyl (C=O) groups excluding carboxylic acids is 1. The van der Waals surface area contributed by atoms with Crippen LogP contribution >= 0.6 is 0 Å². The zero-order valence-electron chi connectivity index (χ0n) is 13.2. The summed E-state index contributed by atoms with van der Waals surface area (Å²) in [6.45, 7) is 5.22. The first-order valence-corrected chi connectivity index (χ1v) is 8.29. The quantitative estimate of drug-likeness (QED) is 0.920. The molecule has 1 atom stereocenters. The smallest absolute Gasteiger partial charge is 0.241 e. The van der Waals surface area contributed by atoms with Crippen LogP contribution < -0.4 is 5.32 Å². The number of aryl methyl sites for hydroxylation is 2. The van der Waals surface area contributed by atoms with Gasteiger partial charge in [-0.3, -0.25) is 9.69 Å². The predicted octanol–water partition coefficient (Wildman–Crippen LogP) is 3.65. The number of nitrogens with zero attached hydrogens (tertiary/aromatic N) is 1. The first-order chi connectivity index (χ1) is 10.2. The molecule has 0 aromatic heterocycles. The molecular weight excluding hydrogens is 260 g/mol. The van der Waals surface area contributed by atoms with Crippen LogP contribution in [0.5, 0.6) is 0 Å². The van der Waals surface area contributed by atoms with Crippen LogP contribution in [0.3, 0.4) is 0 Å². The first-order valence-electron chi connectivity index (χ1n) is 8.29. The number of hydrogen-bond acceptors (Lipinski definition) is 2. The van der Waals surface area contributed by atoms with E-state index >= 15 is 0 Å². The number of anilines is 1. The fourth-order valence-corrected chi connectivity index (χ4v) is 3.61. The fourth-order valence-electron chi connectivity index (χ4n) is 3.61. The minimum atomic E-state index is 0.0723. The molecule has 21 heavy (non-hydrogen) atoms. The van der Waals surface area contributed by atoms with Gasteiger partial charge in [-0.1, -0.05) is 31.0 Å². The summed E-state index contributed by atoms with van der Waals surface area (Å²) in [5, 5.41) is 3.20. The number of amides is 1. The third-order valence-electron chi connectivity index (χ3n) is 5.12. The van der Waals surface area contributed by atoms with E-state index < -0.39 is 0 Å². The Morgan fingerprint density at radius 2 is 1.81 bits per heavy atom. The highest BCUT2D eigenvalue weighted by Gasteiger charge is 2.36. The molecule has 1 heterocycles. The molecule has 114 valence electrons. The SMILES string of the molecule is Cc1cccc(C)c1NC(=O)[C@@H]1CCCCN1C1CCC1. The van der Waals surface area contributed by atoms with E-state index in [4.69, 9.17) is 0 Å². The highest BCUT2D eigenvalue weighted by Crippen LogP contribution is 2.31. The number of rotatable bonds is 3. The topological polar surface area (TPSA) is 32.3 Å². The summed E-state index contributed by atoms with van der Waals surface area (Å²) in [5.41, 5.74) is 3.30. The summed E-state index contributed by atoms with van der Waals surface area (Å²) in [4.78, 5) is 15.2. The molecular formula is C18H26N2O. The molecule has 0 bridgehead atoms. The van der Waals surface area contributed by atoms with E-state index in [1.165, 1.54) is 32.1 Å². The Labute approximate surface area is 127 Å². The van der Waals surface area contributed by atoms with E-state index in [0.717, 1.165) is 29.8 Å². The number of carbonyl (C=O) groups is 1. The molecule has 2 aliphatic rings. The zero-order chi connectivity index (χ0) is 14.8. The molecule has 1 aromatic rings. The first kappa shape index (κ1) is 14.6. The summed E-state index contributed by atoms with van der Waals surface area (Å²) in [6, 6.07) is 6.89. The van der Waals surface area contributed by atoms with Crippen molar-refractivity contribution in [3.05, 3.63) is 29.3 Å². The van der Waals surface area contributed by atoms with Crippen LogP contribution in [0.1, 0.15) is 49.7 Å². The Hall–Kier alpha value is -1.35. The van der Waals surface area contributed by atoms with Crippen LogP contribution in [0.25, 0.3) is 0 Å². The molecule has 2 fully saturated rings. The molecule has 3 heteroatoms. The van der Waals surface area contributed by atoms with Gasteiger partial charge in [-0.25, -0.2) is 0 Å². The highest BCUT2D eigenvalue weighted by atomic mass is 16.2. The molecule has 1 N–H and O–H groups in total. The zero-order valence-corrected chi connectivity index (χ0v) is 13.2. The molecule has 3 rings (SSSR count). The molecule has 0 unspecified atom stereocenters. The lowest BCUT2D eigenvalue weighted by Gasteiger charge is -2.44. The lowest BCUT2D eigenvalue weighted by molar-refractivity contribution is -0.124. The lowest BCUT2D eigenvalue weighted by Crippen LogP contribution is -2.53. The minimum absolute atomic E-state index is 0.0723. The van der Waals surface area contributed by atoms with Crippen LogP contribution in [0.15, 0.2) is 18.2 Å². The van der Waals surface area contributed by atoms with Gasteiger partial charge in [0.05, 0.1) is 6.04 Å². The summed E-state index contributed by atoms with van der Waals surface area (Å²) in [5.74, 6) is 0.194. The third-order valence-corrected chi connectivity index (χ3v) is 5.12. The van der Waals surface area contributed by atoms with E-state index in [9.17, 15) is 4.79 Å². The second-order valence-corrected chi connectivity index (χ2v) is 6.59. The second-order valence-electron chi connectivity index (χ2n) is 6.59. The summed E-state index contributed by atoms with van der Waals surface area (Å²) in [7, 11) is 0. The molecule has 1 amide bonds. The minimum Gasteiger partial charge on any atom is -0.324 e. The van der Waals surface area contributed by atoms with Crippen molar-refractivity contribution in [3.8, 4) is 0 Å². The fraction of sp³-hybridized carbons (Fsp3) is 0.611. The lowest BCUT2D eigenvalue weighted by atomic mass is 9.87. The van der Waals surface area contributed by atoms with Gasteiger partial charge in [-0.15, -0.1) is 0 Å². The van der Waals surface area contributed by atoms with Crippen LogP contribution in [0.4, 0.5) is 5.69 Å². The Morgan fingerprint density at radius 3 is 2.43 bits per heavy atom. The molecule has 1 aliphatic heterocycles. The van der Waals surface area contributed by atoms with Gasteiger partial charge in [-0.2, -0.15) is 0 Å². The van der Waals surface area contributed by atoms with Crippen molar-refractivity contribution in [2.75, 3.05) is 11.9 Å². The summed E-state index contributed by atoms with van der Waals surface area (Å²) < 4.78 is 0. The van der Waals surface area contributed by atoms with E-state index in [1.54, 1.807) is 0 Å². The van der Waals surface area contributed by atoms with Crippen LogP contribution in [0, 0.1) is 13.8 Å². The molecule has 1 aromatic carbocycles. The summed E-state index contributed by atoms with van der Waals surface area (Å²) >= 11 is 0. The van der Waals surface area contributed by atoms with Crippen molar-refractivity contribution in [2.24, 2.45) is 0 Å². The third kappa shape index (κ3) is 2.98. The molecule has 1 saturated heterocycles. The number of nitrogens with one attached hydrogen (secondary N) is 1. The van der Waals surface area contributed by atoms with Crippen molar-refractivity contribution < 1.29 is 4.79 Å². The van der Waals surface area contributed by atoms with Gasteiger partial charge in [0.1, 0.15) is 0 Å². The van der Waals surface area contributed by atoms with Gasteiger partial charge in [-0.05, 0) is 57.2 Å². The number of hydrogen-bond donors (Lipinski definition) is 1. The number of para-hydroxylation sites is 1. The average Bonchev–Trinajstić information content (AvgIpc) is 2.42. The van der Waals surface area contributed by atoms with Gasteiger partial charge >= 0.3 is 0 Å². The van der Waals surface area contributed by atoms with Gasteiger partial charge in [0.15, 0.2) is 0 Å². The maximum atomic E-state index is 12.8. The van der Waals surface area contributed by atoms with E-state index in [1.807, 2.05) is 6.07 Å². The maximum absolute atomic E-state index is 12.8. The Morgan fingerprint density at radius 1 is 1.10 bits per heavy atom. The van der Waals surface area contributed by atoms with Crippen molar-refractivity contribution in [2.45, 2.75) is 64.5 Å². The van der Waals surface area contributed by atoms with Gasteiger partial charge < -0.3 is 5.32 Å². The van der Waals surface area contributed by atoms with Crippen molar-refractivity contribution in [3.63, 3.8) is 0 Å². The van der Waals surface area contributed by atoms with Gasteiger partial charge in [0.25, 0.3) is 0 Å². The van der Waals surface area contributed by atoms with Gasteiger partial charge in [0, 0.05) is 11.7 Å². The van der Waals surface area contributed by atoms with E-state index in [-0.39, 0.29) is 11.9 Å². The summed E-state index contributed by atoms with van der Waals surface area (Å²) in [6.07, 6.45) is 7.29. The molecule has 0 spiro atoms. The number of piperidine rings is 1. The predicted molar refractivity (Wildman–Crippen MR) is 86.5 cm³/mol. The monoisotopic (exact) mass is 286 g/mol. The van der Waals surface area contributed by atoms with E-state index in [0.29, 0.717) is 6.04 Å². The van der Waals surface area contributed by atoms with Gasteiger partial charge in [0.2, 0.25) is 5.91 Å².